The summed E-state index contributed by atoms with van der Waals surface area (Å²) in [7, 11) is 3.93. The lowest BCUT2D eigenvalue weighted by Crippen LogP contribution is -2.43. The van der Waals surface area contributed by atoms with Crippen LogP contribution in [0.1, 0.15) is 121 Å². The second-order valence-corrected chi connectivity index (χ2v) is 18.5. The molecule has 1 unspecified atom stereocenters. The van der Waals surface area contributed by atoms with Gasteiger partial charge in [0, 0.05) is 57.5 Å². The molecule has 9 amide bonds. The maximum absolute atomic E-state index is 13.6. The van der Waals surface area contributed by atoms with E-state index in [1.165, 1.54) is 18.2 Å². The topological polar surface area (TPSA) is 337 Å². The van der Waals surface area contributed by atoms with Crippen LogP contribution in [0.2, 0.25) is 0 Å². The Morgan fingerprint density at radius 1 is 0.474 bits per heavy atom. The van der Waals surface area contributed by atoms with Gasteiger partial charge in [0.1, 0.15) is 22.8 Å². The Kier molecular flexibility index (Phi) is 24.9. The summed E-state index contributed by atoms with van der Waals surface area (Å²) >= 11 is 0. The molecule has 13 N–H and O–H groups in total. The summed E-state index contributed by atoms with van der Waals surface area (Å²) in [6.45, 7) is 9.77. The Bertz CT molecular complexity index is 2630. The van der Waals surface area contributed by atoms with Crippen molar-refractivity contribution in [1.82, 2.24) is 49.8 Å². The lowest BCUT2D eigenvalue weighted by molar-refractivity contribution is -0.126. The average molecular weight is 1060 g/mol. The SMILES string of the molecule is CCCn1cc(NC(=O)c2cc(NC(=O)CNC(=O)CNC(=O)CNC(=O)c3cc(NC(=O)c4cc(NC(=O)CNC(=O)C(N)CCCCN)cn4CCC)cn3CCC)cn2CCC)cc1C(=O)NCCCN(C)C. The van der Waals surface area contributed by atoms with Crippen molar-refractivity contribution < 1.29 is 43.2 Å². The van der Waals surface area contributed by atoms with Crippen LogP contribution >= 0.6 is 0 Å². The van der Waals surface area contributed by atoms with Crippen LogP contribution in [0.5, 0.6) is 0 Å². The molecule has 4 heterocycles. The molecule has 25 heteroatoms. The number of aryl methyl sites for hydroxylation is 4. The number of amides is 9. The monoisotopic (exact) mass is 1060 g/mol. The van der Waals surface area contributed by atoms with E-state index in [4.69, 9.17) is 11.5 Å². The molecule has 0 bridgehead atoms. The van der Waals surface area contributed by atoms with Crippen molar-refractivity contribution >= 4 is 75.9 Å². The van der Waals surface area contributed by atoms with E-state index in [2.05, 4.69) is 47.9 Å². The van der Waals surface area contributed by atoms with Crippen LogP contribution < -0.4 is 59.3 Å². The fourth-order valence-corrected chi connectivity index (χ4v) is 7.94. The molecule has 4 aromatic rings. The molecule has 4 rings (SSSR count). The molecule has 4 aromatic heterocycles. The summed E-state index contributed by atoms with van der Waals surface area (Å²) in [5.74, 6) is -4.73. The van der Waals surface area contributed by atoms with Crippen molar-refractivity contribution in [1.29, 1.82) is 0 Å². The first-order chi connectivity index (χ1) is 36.4. The van der Waals surface area contributed by atoms with Crippen LogP contribution in [0.4, 0.5) is 22.7 Å². The van der Waals surface area contributed by atoms with Crippen LogP contribution in [0, 0.1) is 0 Å². The van der Waals surface area contributed by atoms with Crippen molar-refractivity contribution in [2.45, 2.75) is 111 Å². The van der Waals surface area contributed by atoms with E-state index >= 15 is 0 Å². The van der Waals surface area contributed by atoms with Crippen LogP contribution in [-0.4, -0.2) is 142 Å². The molecule has 0 aliphatic heterocycles. The zero-order valence-electron chi connectivity index (χ0n) is 44.7. The number of carbonyl (C=O) groups is 9. The molecule has 0 fully saturated rings. The minimum absolute atomic E-state index is 0.160. The third-order valence-corrected chi connectivity index (χ3v) is 11.6. The van der Waals surface area contributed by atoms with Crippen LogP contribution in [-0.2, 0) is 50.2 Å². The lowest BCUT2D eigenvalue weighted by atomic mass is 10.1. The Balaban J connectivity index is 1.25. The number of nitrogens with one attached hydrogen (secondary N) is 9. The highest BCUT2D eigenvalue weighted by atomic mass is 16.2. The molecule has 0 saturated carbocycles. The number of hydrogen-bond acceptors (Lipinski definition) is 12. The van der Waals surface area contributed by atoms with E-state index in [1.807, 2.05) is 46.7 Å². The minimum Gasteiger partial charge on any atom is -0.351 e. The molecule has 76 heavy (non-hydrogen) atoms. The van der Waals surface area contributed by atoms with Gasteiger partial charge in [0.2, 0.25) is 29.5 Å². The molecular formula is C51H78N16O9. The molecular weight excluding hydrogens is 981 g/mol. The van der Waals surface area contributed by atoms with Crippen molar-refractivity contribution in [3.8, 4) is 0 Å². The standard InChI is InChI=1S/C51H78N16O9/c1-7-17-64-32-36(24-39(64)48(73)54-16-13-21-63(5)6)61-50(75)41-22-34(30-66(41)19-9-3)59-45(70)28-56-43(68)26-55-44(69)27-58-49(74)40-25-37(33-65(40)18-8-2)62-51(76)42-23-35(31-67(42)20-10-4)60-46(71)29-57-47(72)38(53)14-11-12-15-52/h22-25,30-33,38H,7-21,26-29,52-53H2,1-6H3,(H,54,73)(H,55,69)(H,56,68)(H,57,72)(H,58,74)(H,59,70)(H,60,71)(H,61,75)(H,62,76). The zero-order valence-corrected chi connectivity index (χ0v) is 44.7. The quantitative estimate of drug-likeness (QED) is 0.0305. The largest absolute Gasteiger partial charge is 0.351 e. The highest BCUT2D eigenvalue weighted by Crippen LogP contribution is 2.22. The van der Waals surface area contributed by atoms with Gasteiger partial charge in [-0.25, -0.2) is 0 Å². The molecule has 0 aromatic carbocycles. The van der Waals surface area contributed by atoms with E-state index < -0.39 is 72.9 Å². The van der Waals surface area contributed by atoms with Gasteiger partial charge in [0.15, 0.2) is 0 Å². The molecule has 0 aliphatic carbocycles. The lowest BCUT2D eigenvalue weighted by Gasteiger charge is -2.11. The molecule has 0 aliphatic rings. The van der Waals surface area contributed by atoms with E-state index in [0.29, 0.717) is 99.8 Å². The van der Waals surface area contributed by atoms with Crippen LogP contribution in [0.15, 0.2) is 49.1 Å². The summed E-state index contributed by atoms with van der Waals surface area (Å²) in [4.78, 5) is 119. The molecule has 0 radical (unpaired) electrons. The van der Waals surface area contributed by atoms with Gasteiger partial charge in [-0.3, -0.25) is 43.2 Å². The second-order valence-electron chi connectivity index (χ2n) is 18.5. The van der Waals surface area contributed by atoms with E-state index in [1.54, 1.807) is 49.1 Å². The summed E-state index contributed by atoms with van der Waals surface area (Å²) in [5.41, 5.74) is 13.9. The fourth-order valence-electron chi connectivity index (χ4n) is 7.94. The van der Waals surface area contributed by atoms with Gasteiger partial charge in [-0.15, -0.1) is 0 Å². The van der Waals surface area contributed by atoms with Gasteiger partial charge in [0.25, 0.3) is 23.6 Å². The first-order valence-corrected chi connectivity index (χ1v) is 25.9. The summed E-state index contributed by atoms with van der Waals surface area (Å²) in [6.07, 6.45) is 12.0. The maximum atomic E-state index is 13.6. The normalized spacial score (nSPS) is 11.4. The average Bonchev–Trinajstić information content (AvgIpc) is 4.18. The summed E-state index contributed by atoms with van der Waals surface area (Å²) < 4.78 is 6.81. The summed E-state index contributed by atoms with van der Waals surface area (Å²) in [6, 6.07) is 5.35. The highest BCUT2D eigenvalue weighted by molar-refractivity contribution is 6.07. The maximum Gasteiger partial charge on any atom is 0.272 e. The van der Waals surface area contributed by atoms with Crippen LogP contribution in [0.3, 0.4) is 0 Å². The summed E-state index contributed by atoms with van der Waals surface area (Å²) in [5, 5.41) is 23.9. The predicted octanol–water partition coefficient (Wildman–Crippen LogP) is 1.83. The number of rotatable bonds is 33. The Morgan fingerprint density at radius 2 is 0.842 bits per heavy atom. The van der Waals surface area contributed by atoms with Gasteiger partial charge < -0.3 is 82.5 Å². The van der Waals surface area contributed by atoms with Crippen LogP contribution in [0.25, 0.3) is 0 Å². The first-order valence-electron chi connectivity index (χ1n) is 25.9. The highest BCUT2D eigenvalue weighted by Gasteiger charge is 2.22. The molecule has 416 valence electrons. The number of nitrogens with two attached hydrogens (primary N) is 2. The number of carbonyl (C=O) groups excluding carboxylic acids is 9. The number of nitrogens with zero attached hydrogens (tertiary/aromatic N) is 5. The molecule has 25 nitrogen and oxygen atoms in total. The van der Waals surface area contributed by atoms with Crippen molar-refractivity contribution in [2.75, 3.05) is 81.2 Å². The zero-order chi connectivity index (χ0) is 55.7. The third-order valence-electron chi connectivity index (χ3n) is 11.6. The first kappa shape index (κ1) is 60.8. The van der Waals surface area contributed by atoms with Crippen molar-refractivity contribution in [2.24, 2.45) is 11.5 Å². The number of unbranched alkanes of at least 4 members (excludes halogenated alkanes) is 1. The molecule has 0 saturated heterocycles. The Morgan fingerprint density at radius 3 is 1.25 bits per heavy atom. The smallest absolute Gasteiger partial charge is 0.272 e. The number of aromatic nitrogens is 4. The Labute approximate surface area is 443 Å². The third kappa shape index (κ3) is 19.5. The van der Waals surface area contributed by atoms with E-state index in [0.717, 1.165) is 25.8 Å². The number of anilines is 4. The fraction of sp³-hybridized carbons (Fsp3) is 0.510. The number of hydrogen-bond donors (Lipinski definition) is 11. The second kappa shape index (κ2) is 31.2. The van der Waals surface area contributed by atoms with E-state index in [9.17, 15) is 43.2 Å². The van der Waals surface area contributed by atoms with Gasteiger partial charge in [-0.05, 0) is 96.4 Å². The molecule has 0 spiro atoms. The predicted molar refractivity (Wildman–Crippen MR) is 290 cm³/mol. The van der Waals surface area contributed by atoms with Crippen molar-refractivity contribution in [3.05, 3.63) is 71.8 Å². The van der Waals surface area contributed by atoms with E-state index in [-0.39, 0.29) is 29.5 Å². The molecule has 1 atom stereocenters. The Hall–Kier alpha value is -7.77. The van der Waals surface area contributed by atoms with Gasteiger partial charge in [-0.2, -0.15) is 0 Å². The van der Waals surface area contributed by atoms with Gasteiger partial charge in [0.05, 0.1) is 55.0 Å². The van der Waals surface area contributed by atoms with Gasteiger partial charge in [-0.1, -0.05) is 34.1 Å². The van der Waals surface area contributed by atoms with Crippen molar-refractivity contribution in [3.63, 3.8) is 0 Å². The minimum atomic E-state index is -0.767. The van der Waals surface area contributed by atoms with Gasteiger partial charge >= 0.3 is 0 Å².